The number of halogens is 2. The molecule has 148 valence electrons. The molecule has 2 aliphatic rings. The highest BCUT2D eigenvalue weighted by Gasteiger charge is 2.37. The topological polar surface area (TPSA) is 44.4 Å². The van der Waals surface area contributed by atoms with Gasteiger partial charge in [0.05, 0.1) is 6.04 Å². The van der Waals surface area contributed by atoms with Crippen LogP contribution < -0.4 is 10.6 Å². The van der Waals surface area contributed by atoms with Crippen molar-refractivity contribution in [2.75, 3.05) is 20.1 Å². The minimum Gasteiger partial charge on any atom is -0.355 e. The fraction of sp³-hybridized carbons (Fsp3) is 0.650. The van der Waals surface area contributed by atoms with Crippen LogP contribution in [0.25, 0.3) is 0 Å². The summed E-state index contributed by atoms with van der Waals surface area (Å²) in [6.07, 6.45) is 7.23. The van der Waals surface area contributed by atoms with Crippen LogP contribution in [-0.2, 0) is 11.3 Å². The molecule has 0 radical (unpaired) electrons. The zero-order valence-corrected chi connectivity index (χ0v) is 17.3. The van der Waals surface area contributed by atoms with Crippen LogP contribution in [0.5, 0.6) is 0 Å². The zero-order valence-electron chi connectivity index (χ0n) is 15.7. The number of rotatable bonds is 7. The van der Waals surface area contributed by atoms with E-state index in [2.05, 4.69) is 46.8 Å². The van der Waals surface area contributed by atoms with Gasteiger partial charge in [0, 0.05) is 19.1 Å². The Morgan fingerprint density at radius 2 is 1.92 bits per heavy atom. The van der Waals surface area contributed by atoms with E-state index in [4.69, 9.17) is 0 Å². The first-order chi connectivity index (χ1) is 11.7. The molecule has 1 aliphatic heterocycles. The molecule has 3 atom stereocenters. The summed E-state index contributed by atoms with van der Waals surface area (Å²) in [5.41, 5.74) is 1.33. The second kappa shape index (κ2) is 11.8. The highest BCUT2D eigenvalue weighted by Crippen LogP contribution is 2.33. The fourth-order valence-corrected chi connectivity index (χ4v) is 4.18. The van der Waals surface area contributed by atoms with Crippen LogP contribution in [0.1, 0.15) is 44.1 Å². The van der Waals surface area contributed by atoms with Crippen LogP contribution in [0, 0.1) is 5.92 Å². The fourth-order valence-electron chi connectivity index (χ4n) is 4.18. The van der Waals surface area contributed by atoms with E-state index in [-0.39, 0.29) is 36.8 Å². The summed E-state index contributed by atoms with van der Waals surface area (Å²) < 4.78 is 0. The van der Waals surface area contributed by atoms with Crippen molar-refractivity contribution >= 4 is 30.7 Å². The molecular weight excluding hydrogens is 369 g/mol. The van der Waals surface area contributed by atoms with Crippen LogP contribution >= 0.6 is 24.8 Å². The lowest BCUT2D eigenvalue weighted by atomic mass is 9.85. The van der Waals surface area contributed by atoms with Gasteiger partial charge in [-0.15, -0.1) is 24.8 Å². The molecule has 1 heterocycles. The summed E-state index contributed by atoms with van der Waals surface area (Å²) in [5.74, 6) is 0.932. The van der Waals surface area contributed by atoms with Crippen LogP contribution in [0.4, 0.5) is 0 Å². The molecule has 1 aliphatic carbocycles. The van der Waals surface area contributed by atoms with Crippen LogP contribution in [-0.4, -0.2) is 43.0 Å². The van der Waals surface area contributed by atoms with Gasteiger partial charge in [-0.05, 0) is 50.8 Å². The maximum Gasteiger partial charge on any atom is 0.237 e. The average Bonchev–Trinajstić information content (AvgIpc) is 3.04. The predicted octanol–water partition coefficient (Wildman–Crippen LogP) is 3.39. The Bertz CT molecular complexity index is 515. The van der Waals surface area contributed by atoms with Crippen molar-refractivity contribution in [3.8, 4) is 0 Å². The first-order valence-corrected chi connectivity index (χ1v) is 9.48. The van der Waals surface area contributed by atoms with Crippen molar-refractivity contribution < 1.29 is 4.79 Å². The molecule has 4 nitrogen and oxygen atoms in total. The molecule has 0 aromatic heterocycles. The van der Waals surface area contributed by atoms with Gasteiger partial charge in [0.25, 0.3) is 0 Å². The Morgan fingerprint density at radius 3 is 2.65 bits per heavy atom. The Hall–Kier alpha value is -0.810. The number of benzene rings is 1. The van der Waals surface area contributed by atoms with Gasteiger partial charge in [0.15, 0.2) is 0 Å². The lowest BCUT2D eigenvalue weighted by molar-refractivity contribution is -0.122. The molecule has 1 saturated carbocycles. The van der Waals surface area contributed by atoms with Crippen molar-refractivity contribution in [1.82, 2.24) is 15.5 Å². The maximum atomic E-state index is 12.3. The van der Waals surface area contributed by atoms with E-state index in [1.807, 2.05) is 6.07 Å². The van der Waals surface area contributed by atoms with Crippen LogP contribution in [0.15, 0.2) is 30.3 Å². The first kappa shape index (κ1) is 23.2. The number of carbonyl (C=O) groups is 1. The molecule has 6 heteroatoms. The number of nitrogens with one attached hydrogen (secondary N) is 2. The molecule has 1 aromatic carbocycles. The van der Waals surface area contributed by atoms with E-state index in [1.54, 1.807) is 0 Å². The second-order valence-electron chi connectivity index (χ2n) is 7.47. The minimum atomic E-state index is 0. The number of amides is 1. The van der Waals surface area contributed by atoms with Crippen molar-refractivity contribution in [3.05, 3.63) is 35.9 Å². The van der Waals surface area contributed by atoms with Crippen molar-refractivity contribution in [2.45, 2.75) is 57.2 Å². The van der Waals surface area contributed by atoms with E-state index in [0.717, 1.165) is 38.4 Å². The van der Waals surface area contributed by atoms with Crippen molar-refractivity contribution in [3.63, 3.8) is 0 Å². The van der Waals surface area contributed by atoms with Gasteiger partial charge in [-0.2, -0.15) is 0 Å². The Kier molecular flexibility index (Phi) is 10.6. The highest BCUT2D eigenvalue weighted by molar-refractivity contribution is 5.85. The van der Waals surface area contributed by atoms with Gasteiger partial charge >= 0.3 is 0 Å². The molecular formula is C20H33Cl2N3O. The summed E-state index contributed by atoms with van der Waals surface area (Å²) in [6, 6.07) is 11.1. The summed E-state index contributed by atoms with van der Waals surface area (Å²) in [7, 11) is 2.14. The van der Waals surface area contributed by atoms with E-state index < -0.39 is 0 Å². The van der Waals surface area contributed by atoms with Crippen molar-refractivity contribution in [2.24, 2.45) is 5.92 Å². The summed E-state index contributed by atoms with van der Waals surface area (Å²) in [5, 5.41) is 6.68. The molecule has 0 spiro atoms. The van der Waals surface area contributed by atoms with Gasteiger partial charge in [0.2, 0.25) is 5.91 Å². The Morgan fingerprint density at radius 1 is 1.19 bits per heavy atom. The molecule has 1 saturated heterocycles. The van der Waals surface area contributed by atoms with E-state index >= 15 is 0 Å². The number of nitrogens with zero attached hydrogens (tertiary/aromatic N) is 1. The lowest BCUT2D eigenvalue weighted by Crippen LogP contribution is -2.43. The number of hydrogen-bond acceptors (Lipinski definition) is 3. The van der Waals surface area contributed by atoms with Gasteiger partial charge in [-0.3, -0.25) is 4.79 Å². The van der Waals surface area contributed by atoms with Gasteiger partial charge in [-0.25, -0.2) is 0 Å². The minimum absolute atomic E-state index is 0. The number of carbonyl (C=O) groups excluding carboxylic acids is 1. The average molecular weight is 402 g/mol. The molecule has 2 fully saturated rings. The van der Waals surface area contributed by atoms with Crippen molar-refractivity contribution in [1.29, 1.82) is 0 Å². The van der Waals surface area contributed by atoms with E-state index in [9.17, 15) is 4.79 Å². The Labute approximate surface area is 170 Å². The SMILES string of the molecule is CN(CCCNC(=O)C1CC2CCCCC2N1)Cc1ccccc1.Cl.Cl. The third-order valence-electron chi connectivity index (χ3n) is 5.49. The molecule has 26 heavy (non-hydrogen) atoms. The summed E-state index contributed by atoms with van der Waals surface area (Å²) in [4.78, 5) is 14.6. The molecule has 0 bridgehead atoms. The normalized spacial score (nSPS) is 24.3. The molecule has 3 rings (SSSR count). The third-order valence-corrected chi connectivity index (χ3v) is 5.49. The van der Waals surface area contributed by atoms with Gasteiger partial charge in [-0.1, -0.05) is 43.2 Å². The molecule has 3 unspecified atom stereocenters. The smallest absolute Gasteiger partial charge is 0.237 e. The molecule has 2 N–H and O–H groups in total. The largest absolute Gasteiger partial charge is 0.355 e. The summed E-state index contributed by atoms with van der Waals surface area (Å²) in [6.45, 7) is 2.73. The highest BCUT2D eigenvalue weighted by atomic mass is 35.5. The predicted molar refractivity (Wildman–Crippen MR) is 112 cm³/mol. The van der Waals surface area contributed by atoms with Gasteiger partial charge in [0.1, 0.15) is 0 Å². The maximum absolute atomic E-state index is 12.3. The molecule has 1 amide bonds. The summed E-state index contributed by atoms with van der Waals surface area (Å²) >= 11 is 0. The van der Waals surface area contributed by atoms with E-state index in [1.165, 1.54) is 31.2 Å². The standard InChI is InChI=1S/C20H31N3O.2ClH/c1-23(15-16-8-3-2-4-9-16)13-7-12-21-20(24)19-14-17-10-5-6-11-18(17)22-19;;/h2-4,8-9,17-19,22H,5-7,10-15H2,1H3,(H,21,24);2*1H. The quantitative estimate of drug-likeness (QED) is 0.688. The molecule has 1 aromatic rings. The first-order valence-electron chi connectivity index (χ1n) is 9.48. The third kappa shape index (κ3) is 6.73. The number of fused-ring (bicyclic) bond motifs is 1. The lowest BCUT2D eigenvalue weighted by Gasteiger charge is -2.24. The zero-order chi connectivity index (χ0) is 16.8. The Balaban J connectivity index is 0.00000169. The number of hydrogen-bond donors (Lipinski definition) is 2. The second-order valence-corrected chi connectivity index (χ2v) is 7.47. The van der Waals surface area contributed by atoms with Crippen LogP contribution in [0.2, 0.25) is 0 Å². The van der Waals surface area contributed by atoms with Crippen LogP contribution in [0.3, 0.4) is 0 Å². The van der Waals surface area contributed by atoms with Gasteiger partial charge < -0.3 is 15.5 Å². The van der Waals surface area contributed by atoms with E-state index in [0.29, 0.717) is 6.04 Å². The monoisotopic (exact) mass is 401 g/mol.